The van der Waals surface area contributed by atoms with E-state index in [1.807, 2.05) is 19.1 Å². The first-order valence-electron chi connectivity index (χ1n) is 4.03. The van der Waals surface area contributed by atoms with E-state index in [-0.39, 0.29) is 0 Å². The lowest BCUT2D eigenvalue weighted by Crippen LogP contribution is -2.29. The Kier molecular flexibility index (Phi) is 2.11. The Morgan fingerprint density at radius 1 is 1.23 bits per heavy atom. The molecule has 0 aliphatic carbocycles. The quantitative estimate of drug-likeness (QED) is 0.658. The van der Waals surface area contributed by atoms with Gasteiger partial charge in [0.05, 0.1) is 0 Å². The molecule has 4 heteroatoms. The van der Waals surface area contributed by atoms with E-state index in [9.17, 15) is 0 Å². The van der Waals surface area contributed by atoms with Gasteiger partial charge in [0.1, 0.15) is 0 Å². The first kappa shape index (κ1) is 8.75. The third-order valence-corrected chi connectivity index (χ3v) is 2.98. The third-order valence-electron chi connectivity index (χ3n) is 1.97. The molecule has 0 fully saturated rings. The second kappa shape index (κ2) is 3.14. The van der Waals surface area contributed by atoms with E-state index in [0.717, 1.165) is 10.1 Å². The van der Waals surface area contributed by atoms with Crippen molar-refractivity contribution in [3.63, 3.8) is 0 Å². The van der Waals surface area contributed by atoms with Gasteiger partial charge in [-0.25, -0.2) is 0 Å². The van der Waals surface area contributed by atoms with Gasteiger partial charge in [-0.05, 0) is 29.9 Å². The number of fused-ring (bicyclic) bond motifs is 1. The van der Waals surface area contributed by atoms with Crippen LogP contribution in [0.5, 0.6) is 0 Å². The fourth-order valence-corrected chi connectivity index (χ4v) is 2.31. The number of rotatable bonds is 1. The second-order valence-corrected chi connectivity index (χ2v) is 4.32. The van der Waals surface area contributed by atoms with Crippen molar-refractivity contribution in [1.29, 1.82) is 0 Å². The molecular formula is C9H9BO2S. The van der Waals surface area contributed by atoms with E-state index in [2.05, 4.69) is 6.07 Å². The first-order valence-corrected chi connectivity index (χ1v) is 4.85. The first-order chi connectivity index (χ1) is 6.16. The molecule has 0 unspecified atom stereocenters. The van der Waals surface area contributed by atoms with Crippen LogP contribution in [0.1, 0.15) is 4.88 Å². The highest BCUT2D eigenvalue weighted by atomic mass is 32.1. The van der Waals surface area contributed by atoms with E-state index in [1.165, 1.54) is 4.88 Å². The number of thiophene rings is 1. The Bertz CT molecular complexity index is 436. The fourth-order valence-electron chi connectivity index (χ4n) is 1.34. The summed E-state index contributed by atoms with van der Waals surface area (Å²) in [7, 11) is -1.37. The summed E-state index contributed by atoms with van der Waals surface area (Å²) in [6.45, 7) is 2.04. The van der Waals surface area contributed by atoms with Crippen LogP contribution >= 0.6 is 11.3 Å². The Balaban J connectivity index is 2.61. The fraction of sp³-hybridized carbons (Fsp3) is 0.111. The summed E-state index contributed by atoms with van der Waals surface area (Å²) >= 11 is 1.66. The normalized spacial score (nSPS) is 10.7. The van der Waals surface area contributed by atoms with Crippen molar-refractivity contribution in [2.24, 2.45) is 0 Å². The lowest BCUT2D eigenvalue weighted by Gasteiger charge is -1.97. The Morgan fingerprint density at radius 2 is 2.00 bits per heavy atom. The van der Waals surface area contributed by atoms with Crippen molar-refractivity contribution in [3.05, 3.63) is 29.1 Å². The number of hydrogen-bond donors (Lipinski definition) is 2. The van der Waals surface area contributed by atoms with Crippen molar-refractivity contribution >= 4 is 34.0 Å². The third kappa shape index (κ3) is 1.61. The molecule has 1 aromatic carbocycles. The molecule has 0 aliphatic rings. The van der Waals surface area contributed by atoms with E-state index in [0.29, 0.717) is 5.46 Å². The van der Waals surface area contributed by atoms with Crippen LogP contribution in [0.3, 0.4) is 0 Å². The lowest BCUT2D eigenvalue weighted by atomic mass is 9.80. The molecule has 0 saturated carbocycles. The summed E-state index contributed by atoms with van der Waals surface area (Å²) in [4.78, 5) is 1.24. The SMILES string of the molecule is Cc1cc2ccc(B(O)O)cc2s1. The van der Waals surface area contributed by atoms with E-state index >= 15 is 0 Å². The minimum Gasteiger partial charge on any atom is -0.423 e. The Hall–Kier alpha value is -0.835. The molecule has 0 saturated heterocycles. The molecule has 66 valence electrons. The van der Waals surface area contributed by atoms with Crippen LogP contribution in [0, 0.1) is 6.92 Å². The molecule has 0 radical (unpaired) electrons. The van der Waals surface area contributed by atoms with E-state index < -0.39 is 7.12 Å². The van der Waals surface area contributed by atoms with Gasteiger partial charge in [0.15, 0.2) is 0 Å². The van der Waals surface area contributed by atoms with Crippen LogP contribution in [0.2, 0.25) is 0 Å². The standard InChI is InChI=1S/C9H9BO2S/c1-6-4-7-2-3-8(10(11)12)5-9(7)13-6/h2-5,11-12H,1H3. The van der Waals surface area contributed by atoms with Crippen LogP contribution in [0.25, 0.3) is 10.1 Å². The molecule has 0 spiro atoms. The highest BCUT2D eigenvalue weighted by Crippen LogP contribution is 2.23. The second-order valence-electron chi connectivity index (χ2n) is 3.03. The molecule has 2 aromatic rings. The molecular weight excluding hydrogens is 183 g/mol. The summed E-state index contributed by atoms with van der Waals surface area (Å²) in [5.41, 5.74) is 0.550. The lowest BCUT2D eigenvalue weighted by molar-refractivity contribution is 0.426. The minimum atomic E-state index is -1.37. The van der Waals surface area contributed by atoms with Crippen LogP contribution in [0.15, 0.2) is 24.3 Å². The average Bonchev–Trinajstić information content (AvgIpc) is 2.42. The van der Waals surface area contributed by atoms with Gasteiger partial charge in [0.2, 0.25) is 0 Å². The van der Waals surface area contributed by atoms with Crippen molar-refractivity contribution in [2.45, 2.75) is 6.92 Å². The predicted octanol–water partition coefficient (Wildman–Crippen LogP) is 0.890. The summed E-state index contributed by atoms with van der Waals surface area (Å²) < 4.78 is 1.10. The van der Waals surface area contributed by atoms with Gasteiger partial charge in [-0.1, -0.05) is 12.1 Å². The molecule has 2 rings (SSSR count). The van der Waals surface area contributed by atoms with Crippen molar-refractivity contribution in [3.8, 4) is 0 Å². The van der Waals surface area contributed by atoms with Crippen molar-refractivity contribution < 1.29 is 10.0 Å². The van der Waals surface area contributed by atoms with Gasteiger partial charge in [-0.3, -0.25) is 0 Å². The summed E-state index contributed by atoms with van der Waals surface area (Å²) in [5.74, 6) is 0. The molecule has 1 heterocycles. The highest BCUT2D eigenvalue weighted by molar-refractivity contribution is 7.19. The van der Waals surface area contributed by atoms with Gasteiger partial charge >= 0.3 is 7.12 Å². The van der Waals surface area contributed by atoms with Crippen LogP contribution in [0.4, 0.5) is 0 Å². The molecule has 13 heavy (non-hydrogen) atoms. The van der Waals surface area contributed by atoms with Gasteiger partial charge in [0, 0.05) is 9.58 Å². The average molecular weight is 192 g/mol. The summed E-state index contributed by atoms with van der Waals surface area (Å²) in [6.07, 6.45) is 0. The number of hydrogen-bond acceptors (Lipinski definition) is 3. The van der Waals surface area contributed by atoms with Crippen LogP contribution in [-0.4, -0.2) is 17.2 Å². The summed E-state index contributed by atoms with van der Waals surface area (Å²) in [5, 5.41) is 19.1. The maximum absolute atomic E-state index is 8.95. The maximum atomic E-state index is 8.95. The predicted molar refractivity (Wildman–Crippen MR) is 56.4 cm³/mol. The van der Waals surface area contributed by atoms with Crippen molar-refractivity contribution in [2.75, 3.05) is 0 Å². The smallest absolute Gasteiger partial charge is 0.423 e. The maximum Gasteiger partial charge on any atom is 0.488 e. The molecule has 2 N–H and O–H groups in total. The number of benzene rings is 1. The van der Waals surface area contributed by atoms with E-state index in [1.54, 1.807) is 17.4 Å². The Labute approximate surface area is 80.6 Å². The molecule has 0 aliphatic heterocycles. The topological polar surface area (TPSA) is 40.5 Å². The van der Waals surface area contributed by atoms with Gasteiger partial charge in [-0.15, -0.1) is 11.3 Å². The summed E-state index contributed by atoms with van der Waals surface area (Å²) in [6, 6.07) is 7.55. The zero-order chi connectivity index (χ0) is 9.42. The monoisotopic (exact) mass is 192 g/mol. The molecule has 1 aromatic heterocycles. The van der Waals surface area contributed by atoms with Crippen LogP contribution < -0.4 is 5.46 Å². The Morgan fingerprint density at radius 3 is 2.69 bits per heavy atom. The highest BCUT2D eigenvalue weighted by Gasteiger charge is 2.11. The zero-order valence-electron chi connectivity index (χ0n) is 7.19. The van der Waals surface area contributed by atoms with Crippen molar-refractivity contribution in [1.82, 2.24) is 0 Å². The van der Waals surface area contributed by atoms with Gasteiger partial charge < -0.3 is 10.0 Å². The van der Waals surface area contributed by atoms with Gasteiger partial charge in [0.25, 0.3) is 0 Å². The van der Waals surface area contributed by atoms with Gasteiger partial charge in [-0.2, -0.15) is 0 Å². The zero-order valence-corrected chi connectivity index (χ0v) is 8.01. The largest absolute Gasteiger partial charge is 0.488 e. The van der Waals surface area contributed by atoms with Crippen LogP contribution in [-0.2, 0) is 0 Å². The molecule has 2 nitrogen and oxygen atoms in total. The molecule has 0 atom stereocenters. The molecule has 0 bridgehead atoms. The molecule has 0 amide bonds. The van der Waals surface area contributed by atoms with E-state index in [4.69, 9.17) is 10.0 Å². The minimum absolute atomic E-state index is 0.550. The number of aryl methyl sites for hydroxylation is 1.